The van der Waals surface area contributed by atoms with E-state index in [1.54, 1.807) is 6.33 Å². The van der Waals surface area contributed by atoms with E-state index in [9.17, 15) is 5.11 Å². The Labute approximate surface area is 181 Å². The molecule has 1 fully saturated rings. The largest absolute Gasteiger partial charge is 0.393 e. The number of hydrogen-bond acceptors (Lipinski definition) is 6. The molecule has 2 aromatic carbocycles. The molecule has 0 aliphatic heterocycles. The van der Waals surface area contributed by atoms with Gasteiger partial charge in [0.05, 0.1) is 6.10 Å². The van der Waals surface area contributed by atoms with Crippen molar-refractivity contribution in [3.05, 3.63) is 72.6 Å². The Morgan fingerprint density at radius 1 is 0.903 bits per heavy atom. The van der Waals surface area contributed by atoms with Gasteiger partial charge in [-0.25, -0.2) is 4.98 Å². The number of benzene rings is 2. The Hall–Kier alpha value is -3.45. The second kappa shape index (κ2) is 8.73. The second-order valence-electron chi connectivity index (χ2n) is 8.01. The summed E-state index contributed by atoms with van der Waals surface area (Å²) in [4.78, 5) is 14.2. The van der Waals surface area contributed by atoms with E-state index >= 15 is 0 Å². The van der Waals surface area contributed by atoms with Crippen molar-refractivity contribution in [2.45, 2.75) is 44.4 Å². The van der Waals surface area contributed by atoms with Gasteiger partial charge in [-0.2, -0.15) is 9.97 Å². The first-order chi connectivity index (χ1) is 15.3. The number of aliphatic hydroxyl groups is 1. The van der Waals surface area contributed by atoms with Crippen LogP contribution >= 0.6 is 0 Å². The van der Waals surface area contributed by atoms with E-state index in [4.69, 9.17) is 9.97 Å². The minimum atomic E-state index is -0.191. The molecule has 1 aliphatic carbocycles. The summed E-state index contributed by atoms with van der Waals surface area (Å²) in [5.74, 6) is 1.30. The van der Waals surface area contributed by atoms with Gasteiger partial charge in [-0.05, 0) is 43.4 Å². The highest BCUT2D eigenvalue weighted by Crippen LogP contribution is 2.26. The lowest BCUT2D eigenvalue weighted by Crippen LogP contribution is -2.29. The zero-order valence-electron chi connectivity index (χ0n) is 17.3. The standard InChI is InChI=1S/C24H26N6O/c31-20-13-11-18(12-14-20)27-24-28-22(25-15-17-7-3-1-4-8-17)21-23(29-24)30(16-26-21)19-9-5-2-6-10-19/h1-10,16,18,20,31H,11-15H2,(H2,25,27,28,29). The number of imidazole rings is 1. The number of hydrogen-bond donors (Lipinski definition) is 3. The Morgan fingerprint density at radius 3 is 2.35 bits per heavy atom. The van der Waals surface area contributed by atoms with Gasteiger partial charge < -0.3 is 15.7 Å². The SMILES string of the molecule is OC1CCC(Nc2nc(NCc3ccccc3)c3ncn(-c4ccccc4)c3n2)CC1. The summed E-state index contributed by atoms with van der Waals surface area (Å²) in [5.41, 5.74) is 3.68. The van der Waals surface area contributed by atoms with Gasteiger partial charge in [0.25, 0.3) is 0 Å². The van der Waals surface area contributed by atoms with Gasteiger partial charge in [0, 0.05) is 18.3 Å². The summed E-state index contributed by atoms with van der Waals surface area (Å²) in [6.45, 7) is 0.653. The Kier molecular flexibility index (Phi) is 5.50. The number of anilines is 2. The minimum Gasteiger partial charge on any atom is -0.393 e. The second-order valence-corrected chi connectivity index (χ2v) is 8.01. The average Bonchev–Trinajstić information content (AvgIpc) is 3.24. The topological polar surface area (TPSA) is 87.9 Å². The van der Waals surface area contributed by atoms with Crippen LogP contribution in [0.5, 0.6) is 0 Å². The van der Waals surface area contributed by atoms with E-state index in [-0.39, 0.29) is 12.1 Å². The van der Waals surface area contributed by atoms with Crippen molar-refractivity contribution in [2.75, 3.05) is 10.6 Å². The van der Waals surface area contributed by atoms with Gasteiger partial charge in [-0.3, -0.25) is 4.57 Å². The first-order valence-corrected chi connectivity index (χ1v) is 10.8. The maximum atomic E-state index is 9.81. The molecule has 0 unspecified atom stereocenters. The smallest absolute Gasteiger partial charge is 0.227 e. The molecule has 2 aromatic heterocycles. The fraction of sp³-hybridized carbons (Fsp3) is 0.292. The van der Waals surface area contributed by atoms with E-state index in [1.807, 2.05) is 53.1 Å². The van der Waals surface area contributed by atoms with Crippen molar-refractivity contribution < 1.29 is 5.11 Å². The number of aromatic nitrogens is 4. The maximum absolute atomic E-state index is 9.81. The molecule has 0 atom stereocenters. The molecular formula is C24H26N6O. The lowest BCUT2D eigenvalue weighted by atomic mass is 9.93. The average molecular weight is 415 g/mol. The predicted molar refractivity (Wildman–Crippen MR) is 122 cm³/mol. The number of para-hydroxylation sites is 1. The zero-order chi connectivity index (χ0) is 21.0. The Bertz CT molecular complexity index is 1140. The van der Waals surface area contributed by atoms with E-state index in [0.717, 1.165) is 42.5 Å². The summed E-state index contributed by atoms with van der Waals surface area (Å²) < 4.78 is 1.99. The summed E-state index contributed by atoms with van der Waals surface area (Å²) in [5, 5.41) is 16.7. The van der Waals surface area contributed by atoms with Crippen molar-refractivity contribution in [2.24, 2.45) is 0 Å². The lowest BCUT2D eigenvalue weighted by Gasteiger charge is -2.26. The first-order valence-electron chi connectivity index (χ1n) is 10.8. The summed E-state index contributed by atoms with van der Waals surface area (Å²) >= 11 is 0. The van der Waals surface area contributed by atoms with Gasteiger partial charge >= 0.3 is 0 Å². The van der Waals surface area contributed by atoms with Crippen LogP contribution in [0.3, 0.4) is 0 Å². The molecule has 0 amide bonds. The van der Waals surface area contributed by atoms with Crippen LogP contribution < -0.4 is 10.6 Å². The molecule has 2 heterocycles. The Balaban J connectivity index is 1.49. The number of fused-ring (bicyclic) bond motifs is 1. The van der Waals surface area contributed by atoms with Crippen LogP contribution in [-0.2, 0) is 6.54 Å². The van der Waals surface area contributed by atoms with Crippen molar-refractivity contribution >= 4 is 22.9 Å². The third kappa shape index (κ3) is 4.36. The molecule has 0 bridgehead atoms. The van der Waals surface area contributed by atoms with Crippen molar-refractivity contribution in [1.82, 2.24) is 19.5 Å². The molecule has 0 radical (unpaired) electrons. The molecular weight excluding hydrogens is 388 g/mol. The summed E-state index contributed by atoms with van der Waals surface area (Å²) in [6.07, 6.45) is 5.04. The lowest BCUT2D eigenvalue weighted by molar-refractivity contribution is 0.126. The van der Waals surface area contributed by atoms with E-state index < -0.39 is 0 Å². The first kappa shape index (κ1) is 19.5. The number of rotatable bonds is 6. The van der Waals surface area contributed by atoms with Crippen LogP contribution in [0.25, 0.3) is 16.9 Å². The van der Waals surface area contributed by atoms with Crippen LogP contribution in [0, 0.1) is 0 Å². The van der Waals surface area contributed by atoms with Crippen LogP contribution in [0.1, 0.15) is 31.2 Å². The molecule has 3 N–H and O–H groups in total. The monoisotopic (exact) mass is 414 g/mol. The molecule has 158 valence electrons. The molecule has 1 aliphatic rings. The van der Waals surface area contributed by atoms with E-state index in [0.29, 0.717) is 18.3 Å². The fourth-order valence-electron chi connectivity index (χ4n) is 4.05. The maximum Gasteiger partial charge on any atom is 0.227 e. The van der Waals surface area contributed by atoms with Crippen LogP contribution in [0.4, 0.5) is 11.8 Å². The van der Waals surface area contributed by atoms with Crippen molar-refractivity contribution in [3.8, 4) is 5.69 Å². The molecule has 1 saturated carbocycles. The van der Waals surface area contributed by atoms with Gasteiger partial charge in [0.1, 0.15) is 6.33 Å². The molecule has 7 nitrogen and oxygen atoms in total. The number of aliphatic hydroxyl groups excluding tert-OH is 1. The van der Waals surface area contributed by atoms with Gasteiger partial charge in [0.2, 0.25) is 5.95 Å². The van der Waals surface area contributed by atoms with Crippen LogP contribution in [0.15, 0.2) is 67.0 Å². The summed E-state index contributed by atoms with van der Waals surface area (Å²) in [6, 6.07) is 20.6. The molecule has 4 aromatic rings. The van der Waals surface area contributed by atoms with Gasteiger partial charge in [0.15, 0.2) is 17.0 Å². The number of nitrogens with zero attached hydrogens (tertiary/aromatic N) is 4. The van der Waals surface area contributed by atoms with Crippen molar-refractivity contribution in [3.63, 3.8) is 0 Å². The molecule has 0 spiro atoms. The highest BCUT2D eigenvalue weighted by molar-refractivity contribution is 5.85. The molecule has 7 heteroatoms. The molecule has 5 rings (SSSR count). The van der Waals surface area contributed by atoms with Gasteiger partial charge in [-0.1, -0.05) is 48.5 Å². The van der Waals surface area contributed by atoms with Crippen LogP contribution in [0.2, 0.25) is 0 Å². The quantitative estimate of drug-likeness (QED) is 0.439. The third-order valence-corrected chi connectivity index (χ3v) is 5.76. The molecule has 31 heavy (non-hydrogen) atoms. The number of nitrogens with one attached hydrogen (secondary N) is 2. The highest BCUT2D eigenvalue weighted by atomic mass is 16.3. The van der Waals surface area contributed by atoms with Crippen molar-refractivity contribution in [1.29, 1.82) is 0 Å². The van der Waals surface area contributed by atoms with Crippen LogP contribution in [-0.4, -0.2) is 36.8 Å². The highest BCUT2D eigenvalue weighted by Gasteiger charge is 2.21. The zero-order valence-corrected chi connectivity index (χ0v) is 17.3. The van der Waals surface area contributed by atoms with E-state index in [1.165, 1.54) is 5.56 Å². The minimum absolute atomic E-state index is 0.191. The van der Waals surface area contributed by atoms with Gasteiger partial charge in [-0.15, -0.1) is 0 Å². The molecule has 0 saturated heterocycles. The Morgan fingerprint density at radius 2 is 1.61 bits per heavy atom. The normalized spacial score (nSPS) is 18.7. The summed E-state index contributed by atoms with van der Waals surface area (Å²) in [7, 11) is 0. The predicted octanol–water partition coefficient (Wildman–Crippen LogP) is 4.14. The van der Waals surface area contributed by atoms with E-state index in [2.05, 4.69) is 27.8 Å². The third-order valence-electron chi connectivity index (χ3n) is 5.76. The fourth-order valence-corrected chi connectivity index (χ4v) is 4.05.